The van der Waals surface area contributed by atoms with E-state index in [0.29, 0.717) is 0 Å². The summed E-state index contributed by atoms with van der Waals surface area (Å²) in [5.74, 6) is -3.09. The molecule has 2 aromatic rings. The number of hydrogen-bond donors (Lipinski definition) is 1. The van der Waals surface area contributed by atoms with Gasteiger partial charge in [-0.1, -0.05) is 18.2 Å². The molecule has 0 spiro atoms. The second kappa shape index (κ2) is 4.63. The van der Waals surface area contributed by atoms with Gasteiger partial charge < -0.3 is 14.3 Å². The Kier molecular flexibility index (Phi) is 3.16. The molecule has 0 saturated heterocycles. The van der Waals surface area contributed by atoms with Gasteiger partial charge in [0.15, 0.2) is 0 Å². The Hall–Kier alpha value is -2.51. The summed E-state index contributed by atoms with van der Waals surface area (Å²) < 4.78 is 46.4. The van der Waals surface area contributed by atoms with Crippen molar-refractivity contribution in [1.29, 1.82) is 0 Å². The average molecular weight is 273 g/mol. The Balaban J connectivity index is 2.49. The predicted molar refractivity (Wildman–Crippen MR) is 55.6 cm³/mol. The van der Waals surface area contributed by atoms with Crippen LogP contribution in [0.1, 0.15) is 5.76 Å². The Labute approximate surface area is 104 Å². The minimum Gasteiger partial charge on any atom is -0.449 e. The van der Waals surface area contributed by atoms with Gasteiger partial charge in [0.2, 0.25) is 5.89 Å². The number of carboxylic acid groups (broad SMARTS) is 1. The molecule has 0 saturated carbocycles. The lowest BCUT2D eigenvalue weighted by atomic mass is 10.2. The zero-order valence-electron chi connectivity index (χ0n) is 9.14. The van der Waals surface area contributed by atoms with Crippen LogP contribution in [0.2, 0.25) is 0 Å². The van der Waals surface area contributed by atoms with Crippen LogP contribution in [0.25, 0.3) is 11.5 Å². The standard InChI is InChI=1S/C11H6F3NO4/c12-11(13,14)7-9(19-10(16)17)15-8(18-7)6-4-2-1-3-5-6/h1-5H,(H,16,17). The van der Waals surface area contributed by atoms with Crippen LogP contribution in [-0.4, -0.2) is 16.2 Å². The van der Waals surface area contributed by atoms with Crippen LogP contribution in [0.5, 0.6) is 5.88 Å². The largest absolute Gasteiger partial charge is 0.512 e. The van der Waals surface area contributed by atoms with Crippen LogP contribution in [0.15, 0.2) is 34.7 Å². The second-order valence-corrected chi connectivity index (χ2v) is 3.39. The van der Waals surface area contributed by atoms with Gasteiger partial charge in [-0.2, -0.15) is 18.2 Å². The van der Waals surface area contributed by atoms with Gasteiger partial charge in [0.05, 0.1) is 0 Å². The smallest absolute Gasteiger partial charge is 0.449 e. The summed E-state index contributed by atoms with van der Waals surface area (Å²) in [4.78, 5) is 13.7. The highest BCUT2D eigenvalue weighted by atomic mass is 19.4. The number of alkyl halides is 3. The normalized spacial score (nSPS) is 11.3. The van der Waals surface area contributed by atoms with E-state index in [1.807, 2.05) is 0 Å². The fourth-order valence-corrected chi connectivity index (χ4v) is 1.34. The van der Waals surface area contributed by atoms with E-state index in [4.69, 9.17) is 5.11 Å². The molecular formula is C11H6F3NO4. The van der Waals surface area contributed by atoms with Crippen molar-refractivity contribution in [3.8, 4) is 17.3 Å². The third-order valence-electron chi connectivity index (χ3n) is 2.06. The summed E-state index contributed by atoms with van der Waals surface area (Å²) in [7, 11) is 0. The maximum Gasteiger partial charge on any atom is 0.512 e. The van der Waals surface area contributed by atoms with Crippen LogP contribution in [0, 0.1) is 0 Å². The van der Waals surface area contributed by atoms with Gasteiger partial charge in [0.25, 0.3) is 11.6 Å². The van der Waals surface area contributed by atoms with Crippen molar-refractivity contribution in [2.45, 2.75) is 6.18 Å². The summed E-state index contributed by atoms with van der Waals surface area (Å²) in [6, 6.07) is 7.74. The quantitative estimate of drug-likeness (QED) is 0.849. The van der Waals surface area contributed by atoms with Crippen LogP contribution >= 0.6 is 0 Å². The average Bonchev–Trinajstić information content (AvgIpc) is 2.73. The first-order valence-corrected chi connectivity index (χ1v) is 4.92. The van der Waals surface area contributed by atoms with E-state index in [-0.39, 0.29) is 11.5 Å². The minimum atomic E-state index is -4.90. The molecule has 0 amide bonds. The molecule has 5 nitrogen and oxygen atoms in total. The number of oxazole rings is 1. The highest BCUT2D eigenvalue weighted by Gasteiger charge is 2.41. The molecule has 0 fully saturated rings. The van der Waals surface area contributed by atoms with E-state index in [1.54, 1.807) is 18.2 Å². The SMILES string of the molecule is O=C(O)Oc1nc(-c2ccccc2)oc1C(F)(F)F. The van der Waals surface area contributed by atoms with Crippen LogP contribution in [0.4, 0.5) is 18.0 Å². The molecule has 2 rings (SSSR count). The number of hydrogen-bond acceptors (Lipinski definition) is 4. The van der Waals surface area contributed by atoms with E-state index in [1.165, 1.54) is 12.1 Å². The first-order chi connectivity index (χ1) is 8.88. The first-order valence-electron chi connectivity index (χ1n) is 4.92. The van der Waals surface area contributed by atoms with Gasteiger partial charge in [-0.25, -0.2) is 4.79 Å². The molecule has 0 aliphatic carbocycles. The lowest BCUT2D eigenvalue weighted by molar-refractivity contribution is -0.153. The first kappa shape index (κ1) is 12.9. The van der Waals surface area contributed by atoms with Crippen molar-refractivity contribution in [3.05, 3.63) is 36.1 Å². The molecule has 0 aliphatic rings. The molecule has 0 atom stereocenters. The number of benzene rings is 1. The van der Waals surface area contributed by atoms with Crippen LogP contribution < -0.4 is 4.74 Å². The molecule has 0 bridgehead atoms. The fraction of sp³-hybridized carbons (Fsp3) is 0.0909. The highest BCUT2D eigenvalue weighted by molar-refractivity contribution is 5.62. The Morgan fingerprint density at radius 2 is 1.89 bits per heavy atom. The van der Waals surface area contributed by atoms with Crippen molar-refractivity contribution in [1.82, 2.24) is 4.98 Å². The summed E-state index contributed by atoms with van der Waals surface area (Å²) in [5, 5.41) is 8.37. The summed E-state index contributed by atoms with van der Waals surface area (Å²) >= 11 is 0. The molecule has 100 valence electrons. The molecule has 0 unspecified atom stereocenters. The third-order valence-corrected chi connectivity index (χ3v) is 2.06. The molecular weight excluding hydrogens is 267 g/mol. The maximum absolute atomic E-state index is 12.6. The lowest BCUT2D eigenvalue weighted by Gasteiger charge is -2.02. The predicted octanol–water partition coefficient (Wildman–Crippen LogP) is 3.42. The van der Waals surface area contributed by atoms with Gasteiger partial charge >= 0.3 is 12.3 Å². The van der Waals surface area contributed by atoms with E-state index in [0.717, 1.165) is 0 Å². The molecule has 1 N–H and O–H groups in total. The number of ether oxygens (including phenoxy) is 1. The number of aromatic nitrogens is 1. The molecule has 19 heavy (non-hydrogen) atoms. The van der Waals surface area contributed by atoms with Gasteiger partial charge in [0.1, 0.15) is 0 Å². The van der Waals surface area contributed by atoms with Gasteiger partial charge in [-0.05, 0) is 12.1 Å². The Bertz CT molecular complexity index is 592. The number of carbonyl (C=O) groups is 1. The van der Waals surface area contributed by atoms with Crippen molar-refractivity contribution in [2.24, 2.45) is 0 Å². The van der Waals surface area contributed by atoms with E-state index >= 15 is 0 Å². The second-order valence-electron chi connectivity index (χ2n) is 3.39. The lowest BCUT2D eigenvalue weighted by Crippen LogP contribution is -2.10. The zero-order valence-corrected chi connectivity index (χ0v) is 9.14. The van der Waals surface area contributed by atoms with E-state index in [2.05, 4.69) is 14.1 Å². The van der Waals surface area contributed by atoms with Crippen LogP contribution in [-0.2, 0) is 6.18 Å². The summed E-state index contributed by atoms with van der Waals surface area (Å²) in [6.45, 7) is 0. The maximum atomic E-state index is 12.6. The topological polar surface area (TPSA) is 72.6 Å². The monoisotopic (exact) mass is 273 g/mol. The van der Waals surface area contributed by atoms with Gasteiger partial charge in [-0.15, -0.1) is 0 Å². The molecule has 1 aromatic carbocycles. The van der Waals surface area contributed by atoms with E-state index in [9.17, 15) is 18.0 Å². The van der Waals surface area contributed by atoms with Gasteiger partial charge in [-0.3, -0.25) is 0 Å². The molecule has 1 heterocycles. The highest BCUT2D eigenvalue weighted by Crippen LogP contribution is 2.38. The molecule has 8 heteroatoms. The fourth-order valence-electron chi connectivity index (χ4n) is 1.34. The van der Waals surface area contributed by atoms with Crippen molar-refractivity contribution >= 4 is 6.16 Å². The van der Waals surface area contributed by atoms with E-state index < -0.39 is 24.0 Å². The Morgan fingerprint density at radius 3 is 2.42 bits per heavy atom. The molecule has 1 aromatic heterocycles. The Morgan fingerprint density at radius 1 is 1.26 bits per heavy atom. The summed E-state index contributed by atoms with van der Waals surface area (Å²) in [6.07, 6.45) is -6.80. The number of nitrogens with zero attached hydrogens (tertiary/aromatic N) is 1. The molecule has 0 radical (unpaired) electrons. The van der Waals surface area contributed by atoms with Gasteiger partial charge in [0, 0.05) is 5.56 Å². The van der Waals surface area contributed by atoms with Crippen molar-refractivity contribution in [3.63, 3.8) is 0 Å². The number of rotatable bonds is 2. The van der Waals surface area contributed by atoms with Crippen molar-refractivity contribution in [2.75, 3.05) is 0 Å². The number of halogens is 3. The minimum absolute atomic E-state index is 0.272. The van der Waals surface area contributed by atoms with Crippen LogP contribution in [0.3, 0.4) is 0 Å². The molecule has 0 aliphatic heterocycles. The third kappa shape index (κ3) is 2.84. The van der Waals surface area contributed by atoms with Crippen molar-refractivity contribution < 1.29 is 32.2 Å². The summed E-state index contributed by atoms with van der Waals surface area (Å²) in [5.41, 5.74) is 0.272. The zero-order chi connectivity index (χ0) is 14.0.